The first kappa shape index (κ1) is 17.6. The summed E-state index contributed by atoms with van der Waals surface area (Å²) in [6, 6.07) is 2.45. The Kier molecular flexibility index (Phi) is 7.17. The van der Waals surface area contributed by atoms with Crippen LogP contribution in [0.3, 0.4) is 0 Å². The number of halogens is 3. The molecule has 0 spiro atoms. The zero-order valence-electron chi connectivity index (χ0n) is 10.7. The van der Waals surface area contributed by atoms with E-state index in [1.54, 1.807) is 0 Å². The molecule has 0 aliphatic carbocycles. The molecular formula is C13H15Cl3O3S. The Balaban J connectivity index is 2.65. The van der Waals surface area contributed by atoms with Crippen LogP contribution in [-0.4, -0.2) is 15.0 Å². The van der Waals surface area contributed by atoms with E-state index in [1.165, 1.54) is 12.1 Å². The van der Waals surface area contributed by atoms with E-state index in [4.69, 9.17) is 38.6 Å². The molecule has 0 N–H and O–H groups in total. The van der Waals surface area contributed by atoms with Crippen molar-refractivity contribution in [3.8, 4) is 5.75 Å². The van der Waals surface area contributed by atoms with Gasteiger partial charge in [-0.2, -0.15) is 0 Å². The third-order valence-electron chi connectivity index (χ3n) is 2.55. The molecule has 1 rings (SSSR count). The highest BCUT2D eigenvalue weighted by Crippen LogP contribution is 2.36. The molecule has 7 heteroatoms. The van der Waals surface area contributed by atoms with Crippen LogP contribution in [0, 0.1) is 0 Å². The van der Waals surface area contributed by atoms with Crippen molar-refractivity contribution in [1.29, 1.82) is 0 Å². The topological polar surface area (TPSA) is 43.4 Å². The molecule has 0 bridgehead atoms. The van der Waals surface area contributed by atoms with Gasteiger partial charge in [0.1, 0.15) is 0 Å². The van der Waals surface area contributed by atoms with E-state index in [0.717, 1.165) is 25.7 Å². The quantitative estimate of drug-likeness (QED) is 0.371. The largest absolute Gasteiger partial charge is 0.490 e. The van der Waals surface area contributed by atoms with E-state index < -0.39 is 9.05 Å². The van der Waals surface area contributed by atoms with Gasteiger partial charge in [-0.15, -0.1) is 6.58 Å². The SMILES string of the molecule is C=CCCCCCOc1c(Cl)cc(S(=O)(=O)Cl)cc1Cl. The van der Waals surface area contributed by atoms with Gasteiger partial charge in [0.25, 0.3) is 9.05 Å². The van der Waals surface area contributed by atoms with Crippen molar-refractivity contribution in [1.82, 2.24) is 0 Å². The summed E-state index contributed by atoms with van der Waals surface area (Å²) in [6.07, 6.45) is 5.77. The maximum absolute atomic E-state index is 11.2. The summed E-state index contributed by atoms with van der Waals surface area (Å²) in [5.41, 5.74) is 0. The molecule has 0 aliphatic heterocycles. The second-order valence-electron chi connectivity index (χ2n) is 4.14. The molecule has 0 amide bonds. The number of ether oxygens (including phenoxy) is 1. The third-order valence-corrected chi connectivity index (χ3v) is 4.45. The highest BCUT2D eigenvalue weighted by atomic mass is 35.7. The van der Waals surface area contributed by atoms with Gasteiger partial charge in [0, 0.05) is 10.7 Å². The van der Waals surface area contributed by atoms with Crippen LogP contribution in [0.1, 0.15) is 25.7 Å². The molecule has 0 unspecified atom stereocenters. The van der Waals surface area contributed by atoms with Crippen LogP contribution in [0.15, 0.2) is 29.7 Å². The Bertz CT molecular complexity index is 547. The summed E-state index contributed by atoms with van der Waals surface area (Å²) < 4.78 is 27.9. The highest BCUT2D eigenvalue weighted by molar-refractivity contribution is 8.13. The van der Waals surface area contributed by atoms with E-state index in [1.807, 2.05) is 6.08 Å². The van der Waals surface area contributed by atoms with Gasteiger partial charge < -0.3 is 4.74 Å². The third kappa shape index (κ3) is 5.52. The van der Waals surface area contributed by atoms with Crippen molar-refractivity contribution in [3.05, 3.63) is 34.8 Å². The van der Waals surface area contributed by atoms with Crippen LogP contribution >= 0.6 is 33.9 Å². The van der Waals surface area contributed by atoms with Crippen LogP contribution in [0.2, 0.25) is 10.0 Å². The van der Waals surface area contributed by atoms with Gasteiger partial charge in [0.2, 0.25) is 0 Å². The van der Waals surface area contributed by atoms with Crippen LogP contribution in [0.4, 0.5) is 0 Å². The van der Waals surface area contributed by atoms with Gasteiger partial charge in [-0.1, -0.05) is 29.3 Å². The lowest BCUT2D eigenvalue weighted by Crippen LogP contribution is -2.00. The standard InChI is InChI=1S/C13H15Cl3O3S/c1-2-3-4-5-6-7-19-13-11(14)8-10(9-12(13)15)20(16,17)18/h2,8-9H,1,3-7H2. The molecule has 20 heavy (non-hydrogen) atoms. The minimum absolute atomic E-state index is 0.128. The summed E-state index contributed by atoms with van der Waals surface area (Å²) in [7, 11) is 1.37. The fourth-order valence-corrected chi connectivity index (χ4v) is 3.07. The molecular weight excluding hydrogens is 343 g/mol. The Labute approximate surface area is 133 Å². The number of allylic oxidation sites excluding steroid dienone is 1. The van der Waals surface area contributed by atoms with Gasteiger partial charge in [0.05, 0.1) is 21.5 Å². The van der Waals surface area contributed by atoms with Gasteiger partial charge in [-0.3, -0.25) is 0 Å². The van der Waals surface area contributed by atoms with Crippen molar-refractivity contribution in [2.75, 3.05) is 6.61 Å². The van der Waals surface area contributed by atoms with Gasteiger partial charge >= 0.3 is 0 Å². The molecule has 0 saturated heterocycles. The molecule has 0 aliphatic rings. The molecule has 112 valence electrons. The van der Waals surface area contributed by atoms with Crippen molar-refractivity contribution in [3.63, 3.8) is 0 Å². The second-order valence-corrected chi connectivity index (χ2v) is 7.52. The van der Waals surface area contributed by atoms with Crippen LogP contribution in [0.25, 0.3) is 0 Å². The summed E-state index contributed by atoms with van der Waals surface area (Å²) >= 11 is 11.9. The normalized spacial score (nSPS) is 11.3. The van der Waals surface area contributed by atoms with E-state index in [-0.39, 0.29) is 20.7 Å². The number of hydrogen-bond acceptors (Lipinski definition) is 3. The smallest absolute Gasteiger partial charge is 0.261 e. The van der Waals surface area contributed by atoms with E-state index in [9.17, 15) is 8.42 Å². The fourth-order valence-electron chi connectivity index (χ4n) is 1.56. The molecule has 0 saturated carbocycles. The van der Waals surface area contributed by atoms with Gasteiger partial charge in [-0.05, 0) is 37.8 Å². The molecule has 3 nitrogen and oxygen atoms in total. The Morgan fingerprint density at radius 3 is 2.25 bits per heavy atom. The predicted molar refractivity (Wildman–Crippen MR) is 83.7 cm³/mol. The monoisotopic (exact) mass is 356 g/mol. The van der Waals surface area contributed by atoms with Crippen LogP contribution in [0.5, 0.6) is 5.75 Å². The number of rotatable bonds is 8. The van der Waals surface area contributed by atoms with Gasteiger partial charge in [0.15, 0.2) is 5.75 Å². The number of hydrogen-bond donors (Lipinski definition) is 0. The van der Waals surface area contributed by atoms with Crippen LogP contribution in [-0.2, 0) is 9.05 Å². The molecule has 0 radical (unpaired) electrons. The molecule has 0 aromatic heterocycles. The minimum atomic E-state index is -3.86. The Morgan fingerprint density at radius 1 is 1.15 bits per heavy atom. The molecule has 1 aromatic rings. The minimum Gasteiger partial charge on any atom is -0.490 e. The maximum Gasteiger partial charge on any atom is 0.261 e. The molecule has 0 atom stereocenters. The van der Waals surface area contributed by atoms with Crippen LogP contribution < -0.4 is 4.74 Å². The molecule has 1 aromatic carbocycles. The van der Waals surface area contributed by atoms with E-state index in [0.29, 0.717) is 6.61 Å². The summed E-state index contributed by atoms with van der Waals surface area (Å²) in [5, 5.41) is 0.255. The summed E-state index contributed by atoms with van der Waals surface area (Å²) in [4.78, 5) is -0.146. The second kappa shape index (κ2) is 8.13. The number of benzene rings is 1. The van der Waals surface area contributed by atoms with E-state index in [2.05, 4.69) is 6.58 Å². The zero-order valence-corrected chi connectivity index (χ0v) is 13.8. The highest BCUT2D eigenvalue weighted by Gasteiger charge is 2.16. The maximum atomic E-state index is 11.2. The molecule has 0 fully saturated rings. The van der Waals surface area contributed by atoms with E-state index >= 15 is 0 Å². The summed E-state index contributed by atoms with van der Waals surface area (Å²) in [6.45, 7) is 4.11. The zero-order chi connectivity index (χ0) is 15.2. The van der Waals surface area contributed by atoms with Crippen molar-refractivity contribution in [2.45, 2.75) is 30.6 Å². The molecule has 0 heterocycles. The average molecular weight is 358 g/mol. The van der Waals surface area contributed by atoms with Gasteiger partial charge in [-0.25, -0.2) is 8.42 Å². The predicted octanol–water partition coefficient (Wildman–Crippen LogP) is 5.05. The van der Waals surface area contributed by atoms with Crippen molar-refractivity contribution in [2.24, 2.45) is 0 Å². The lowest BCUT2D eigenvalue weighted by Gasteiger charge is -2.10. The Hall–Kier alpha value is -0.420. The lowest BCUT2D eigenvalue weighted by atomic mass is 10.2. The number of unbranched alkanes of at least 4 members (excludes halogenated alkanes) is 3. The first-order valence-electron chi connectivity index (χ1n) is 6.03. The van der Waals surface area contributed by atoms with Crippen molar-refractivity contribution < 1.29 is 13.2 Å². The fraction of sp³-hybridized carbons (Fsp3) is 0.385. The first-order valence-corrected chi connectivity index (χ1v) is 9.10. The summed E-state index contributed by atoms with van der Waals surface area (Å²) in [5.74, 6) is 0.279. The Morgan fingerprint density at radius 2 is 1.75 bits per heavy atom. The first-order chi connectivity index (χ1) is 9.36. The lowest BCUT2D eigenvalue weighted by molar-refractivity contribution is 0.305. The average Bonchev–Trinajstić information content (AvgIpc) is 2.34. The van der Waals surface area contributed by atoms with Crippen molar-refractivity contribution >= 4 is 42.9 Å².